The molecule has 0 radical (unpaired) electrons. The normalized spacial score (nSPS) is 13.2. The number of hydrogen-bond donors (Lipinski definition) is 2. The third-order valence-electron chi connectivity index (χ3n) is 3.40. The number of hydrogen-bond acceptors (Lipinski definition) is 4. The number of fused-ring (bicyclic) bond motifs is 1. The maximum atomic E-state index is 12.3. The van der Waals surface area contributed by atoms with Gasteiger partial charge in [-0.1, -0.05) is 0 Å². The van der Waals surface area contributed by atoms with Crippen molar-refractivity contribution in [2.45, 2.75) is 19.9 Å². The highest BCUT2D eigenvalue weighted by molar-refractivity contribution is 6.22. The highest BCUT2D eigenvalue weighted by atomic mass is 16.2. The molecule has 2 heterocycles. The van der Waals surface area contributed by atoms with Gasteiger partial charge in [0.2, 0.25) is 0 Å². The lowest BCUT2D eigenvalue weighted by atomic mass is 10.1. The molecular weight excluding hydrogens is 284 g/mol. The van der Waals surface area contributed by atoms with Crippen LogP contribution in [0.2, 0.25) is 0 Å². The number of imide groups is 1. The van der Waals surface area contributed by atoms with Gasteiger partial charge in [0.05, 0.1) is 17.3 Å². The van der Waals surface area contributed by atoms with Crippen LogP contribution in [0.15, 0.2) is 30.5 Å². The summed E-state index contributed by atoms with van der Waals surface area (Å²) in [6.07, 6.45) is 1.60. The number of carbonyl (C=O) groups is 3. The standard InChI is InChI=1S/C15H14N4O3/c1-8(2)19-12(5-6-16-19)17-13(20)9-3-4-10-11(7-9)15(22)18-14(10)21/h3-8H,1-2H3,(H,17,20)(H,18,21,22). The molecule has 0 fully saturated rings. The number of nitrogens with one attached hydrogen (secondary N) is 2. The van der Waals surface area contributed by atoms with Gasteiger partial charge >= 0.3 is 0 Å². The average molecular weight is 298 g/mol. The Labute approximate surface area is 126 Å². The van der Waals surface area contributed by atoms with Gasteiger partial charge < -0.3 is 5.32 Å². The van der Waals surface area contributed by atoms with Crippen LogP contribution in [0.4, 0.5) is 5.82 Å². The lowest BCUT2D eigenvalue weighted by molar-refractivity contribution is 0.0879. The number of anilines is 1. The largest absolute Gasteiger partial charge is 0.307 e. The van der Waals surface area contributed by atoms with E-state index in [1.807, 2.05) is 13.8 Å². The quantitative estimate of drug-likeness (QED) is 0.842. The number of carbonyl (C=O) groups excluding carboxylic acids is 3. The SMILES string of the molecule is CC(C)n1nccc1NC(=O)c1ccc2c(c1)C(=O)NC2=O. The van der Waals surface area contributed by atoms with E-state index in [1.165, 1.54) is 18.2 Å². The monoisotopic (exact) mass is 298 g/mol. The zero-order valence-electron chi connectivity index (χ0n) is 12.1. The third-order valence-corrected chi connectivity index (χ3v) is 3.40. The highest BCUT2D eigenvalue weighted by Gasteiger charge is 2.27. The van der Waals surface area contributed by atoms with E-state index in [0.29, 0.717) is 11.4 Å². The Balaban J connectivity index is 1.87. The Bertz CT molecular complexity index is 792. The Kier molecular flexibility index (Phi) is 3.25. The molecule has 2 aromatic rings. The van der Waals surface area contributed by atoms with E-state index >= 15 is 0 Å². The van der Waals surface area contributed by atoms with Gasteiger partial charge in [0, 0.05) is 17.7 Å². The van der Waals surface area contributed by atoms with Gasteiger partial charge in [0.25, 0.3) is 17.7 Å². The van der Waals surface area contributed by atoms with E-state index < -0.39 is 11.8 Å². The molecule has 0 atom stereocenters. The smallest absolute Gasteiger partial charge is 0.258 e. The van der Waals surface area contributed by atoms with Crippen LogP contribution in [-0.2, 0) is 0 Å². The van der Waals surface area contributed by atoms with Crippen molar-refractivity contribution in [3.8, 4) is 0 Å². The topological polar surface area (TPSA) is 93.1 Å². The Morgan fingerprint density at radius 2 is 1.91 bits per heavy atom. The van der Waals surface area contributed by atoms with Crippen LogP contribution in [0.3, 0.4) is 0 Å². The number of amides is 3. The molecule has 1 aliphatic heterocycles. The second-order valence-corrected chi connectivity index (χ2v) is 5.25. The minimum Gasteiger partial charge on any atom is -0.307 e. The molecule has 7 heteroatoms. The second-order valence-electron chi connectivity index (χ2n) is 5.25. The molecule has 0 aliphatic carbocycles. The van der Waals surface area contributed by atoms with Crippen LogP contribution in [-0.4, -0.2) is 27.5 Å². The lowest BCUT2D eigenvalue weighted by Crippen LogP contribution is -2.20. The number of rotatable bonds is 3. The summed E-state index contributed by atoms with van der Waals surface area (Å²) >= 11 is 0. The maximum absolute atomic E-state index is 12.3. The molecular formula is C15H14N4O3. The third kappa shape index (κ3) is 2.26. The van der Waals surface area contributed by atoms with E-state index in [0.717, 1.165) is 0 Å². The van der Waals surface area contributed by atoms with Crippen molar-refractivity contribution >= 4 is 23.5 Å². The van der Waals surface area contributed by atoms with Crippen molar-refractivity contribution in [3.63, 3.8) is 0 Å². The minimum atomic E-state index is -0.484. The highest BCUT2D eigenvalue weighted by Crippen LogP contribution is 2.19. The van der Waals surface area contributed by atoms with Crippen molar-refractivity contribution in [1.82, 2.24) is 15.1 Å². The molecule has 3 rings (SSSR count). The summed E-state index contributed by atoms with van der Waals surface area (Å²) in [4.78, 5) is 35.4. The molecule has 1 aromatic carbocycles. The van der Waals surface area contributed by atoms with Gasteiger partial charge in [-0.2, -0.15) is 5.10 Å². The van der Waals surface area contributed by atoms with Crippen LogP contribution in [0.25, 0.3) is 0 Å². The van der Waals surface area contributed by atoms with E-state index in [4.69, 9.17) is 0 Å². The summed E-state index contributed by atoms with van der Waals surface area (Å²) in [6.45, 7) is 3.90. The molecule has 0 bridgehead atoms. The molecule has 3 amide bonds. The van der Waals surface area contributed by atoms with Crippen molar-refractivity contribution in [2.75, 3.05) is 5.32 Å². The molecule has 0 unspecified atom stereocenters. The number of nitrogens with zero attached hydrogens (tertiary/aromatic N) is 2. The van der Waals surface area contributed by atoms with Crippen molar-refractivity contribution in [3.05, 3.63) is 47.2 Å². The molecule has 22 heavy (non-hydrogen) atoms. The summed E-state index contributed by atoms with van der Waals surface area (Å²) in [5.41, 5.74) is 0.809. The summed E-state index contributed by atoms with van der Waals surface area (Å²) in [5, 5.41) is 9.08. The molecule has 2 N–H and O–H groups in total. The second kappa shape index (κ2) is 5.10. The predicted octanol–water partition coefficient (Wildman–Crippen LogP) is 1.60. The van der Waals surface area contributed by atoms with Crippen LogP contribution in [0.5, 0.6) is 0 Å². The van der Waals surface area contributed by atoms with Crippen LogP contribution in [0.1, 0.15) is 51.0 Å². The molecule has 1 aliphatic rings. The first-order chi connectivity index (χ1) is 10.5. The fourth-order valence-electron chi connectivity index (χ4n) is 2.32. The first kappa shape index (κ1) is 14.0. The number of aromatic nitrogens is 2. The van der Waals surface area contributed by atoms with Gasteiger partial charge in [-0.05, 0) is 32.0 Å². The minimum absolute atomic E-state index is 0.105. The summed E-state index contributed by atoms with van der Waals surface area (Å²) in [7, 11) is 0. The lowest BCUT2D eigenvalue weighted by Gasteiger charge is -2.12. The van der Waals surface area contributed by atoms with E-state index in [-0.39, 0.29) is 23.1 Å². The van der Waals surface area contributed by atoms with Gasteiger partial charge in [-0.15, -0.1) is 0 Å². The van der Waals surface area contributed by atoms with Gasteiger partial charge in [-0.3, -0.25) is 19.7 Å². The van der Waals surface area contributed by atoms with Gasteiger partial charge in [-0.25, -0.2) is 4.68 Å². The fraction of sp³-hybridized carbons (Fsp3) is 0.200. The van der Waals surface area contributed by atoms with Crippen LogP contribution >= 0.6 is 0 Å². The molecule has 0 spiro atoms. The van der Waals surface area contributed by atoms with E-state index in [1.54, 1.807) is 16.9 Å². The average Bonchev–Trinajstić information content (AvgIpc) is 3.04. The summed E-state index contributed by atoms with van der Waals surface area (Å²) in [5.74, 6) is -0.718. The fourth-order valence-corrected chi connectivity index (χ4v) is 2.32. The van der Waals surface area contributed by atoms with E-state index in [9.17, 15) is 14.4 Å². The number of benzene rings is 1. The summed E-state index contributed by atoms with van der Waals surface area (Å²) < 4.78 is 1.68. The predicted molar refractivity (Wildman–Crippen MR) is 78.8 cm³/mol. The molecule has 112 valence electrons. The first-order valence-corrected chi connectivity index (χ1v) is 6.82. The first-order valence-electron chi connectivity index (χ1n) is 6.82. The summed E-state index contributed by atoms with van der Waals surface area (Å²) in [6, 6.07) is 6.21. The van der Waals surface area contributed by atoms with Crippen molar-refractivity contribution < 1.29 is 14.4 Å². The Morgan fingerprint density at radius 1 is 1.18 bits per heavy atom. The molecule has 7 nitrogen and oxygen atoms in total. The van der Waals surface area contributed by atoms with Crippen LogP contribution in [0, 0.1) is 0 Å². The van der Waals surface area contributed by atoms with Crippen molar-refractivity contribution in [2.24, 2.45) is 0 Å². The van der Waals surface area contributed by atoms with Crippen LogP contribution < -0.4 is 10.6 Å². The molecule has 0 saturated carbocycles. The Morgan fingerprint density at radius 3 is 2.64 bits per heavy atom. The van der Waals surface area contributed by atoms with Gasteiger partial charge in [0.1, 0.15) is 5.82 Å². The maximum Gasteiger partial charge on any atom is 0.258 e. The zero-order valence-corrected chi connectivity index (χ0v) is 12.1. The van der Waals surface area contributed by atoms with E-state index in [2.05, 4.69) is 15.7 Å². The molecule has 0 saturated heterocycles. The van der Waals surface area contributed by atoms with Gasteiger partial charge in [0.15, 0.2) is 0 Å². The zero-order chi connectivity index (χ0) is 15.9. The van der Waals surface area contributed by atoms with Crippen molar-refractivity contribution in [1.29, 1.82) is 0 Å². The Hall–Kier alpha value is -2.96. The molecule has 1 aromatic heterocycles.